The molecule has 0 saturated carbocycles. The molecule has 214 valence electrons. The standard InChI is InChI=1S/C30H29NO10/c1-34-16-7-5-15(6-8-16)29(32)38-13-19-17-11-12-31-23(21(17)27(37-4)28-25(19)39-14-40-28)24-18-9-10-20(35-2)26(36-3)22(18)30(33)41-24/h5-10,23-24,31H,11-14H2,1-4H3/t23-,24+/m1/s1. The number of fused-ring (bicyclic) bond motifs is 3. The van der Waals surface area contributed by atoms with Gasteiger partial charge in [-0.1, -0.05) is 6.07 Å². The van der Waals surface area contributed by atoms with Crippen molar-refractivity contribution >= 4 is 11.9 Å². The predicted molar refractivity (Wildman–Crippen MR) is 143 cm³/mol. The van der Waals surface area contributed by atoms with E-state index in [1.165, 1.54) is 14.2 Å². The van der Waals surface area contributed by atoms with Gasteiger partial charge in [0.15, 0.2) is 23.0 Å². The SMILES string of the molecule is COc1ccc(C(=O)OCc2c3c(c(OC)c4c2OCO4)[C@H]([C@H]2OC(=O)c4c2ccc(OC)c4OC)NCC3)cc1. The fraction of sp³-hybridized carbons (Fsp3) is 0.333. The number of methoxy groups -OCH3 is 4. The van der Waals surface area contributed by atoms with Crippen molar-refractivity contribution in [1.29, 1.82) is 0 Å². The van der Waals surface area contributed by atoms with Crippen molar-refractivity contribution in [3.63, 3.8) is 0 Å². The first kappa shape index (κ1) is 26.6. The minimum absolute atomic E-state index is 0.00957. The zero-order chi connectivity index (χ0) is 28.7. The summed E-state index contributed by atoms with van der Waals surface area (Å²) in [5, 5.41) is 3.49. The molecule has 0 fully saturated rings. The Labute approximate surface area is 236 Å². The molecule has 41 heavy (non-hydrogen) atoms. The topological polar surface area (TPSA) is 120 Å². The first-order valence-corrected chi connectivity index (χ1v) is 13.0. The molecular formula is C30H29NO10. The van der Waals surface area contributed by atoms with Crippen molar-refractivity contribution in [2.75, 3.05) is 41.8 Å². The molecule has 1 N–H and O–H groups in total. The monoisotopic (exact) mass is 563 g/mol. The molecule has 0 saturated heterocycles. The van der Waals surface area contributed by atoms with Gasteiger partial charge in [-0.3, -0.25) is 0 Å². The van der Waals surface area contributed by atoms with E-state index in [4.69, 9.17) is 37.9 Å². The molecular weight excluding hydrogens is 534 g/mol. The van der Waals surface area contributed by atoms with Gasteiger partial charge in [0.2, 0.25) is 12.5 Å². The summed E-state index contributed by atoms with van der Waals surface area (Å²) in [4.78, 5) is 26.0. The molecule has 11 nitrogen and oxygen atoms in total. The average Bonchev–Trinajstić information content (AvgIpc) is 3.63. The zero-order valence-corrected chi connectivity index (χ0v) is 23.0. The van der Waals surface area contributed by atoms with Crippen molar-refractivity contribution in [3.8, 4) is 34.5 Å². The Balaban J connectivity index is 1.40. The Morgan fingerprint density at radius 2 is 1.68 bits per heavy atom. The van der Waals surface area contributed by atoms with Gasteiger partial charge < -0.3 is 43.2 Å². The van der Waals surface area contributed by atoms with E-state index in [1.54, 1.807) is 50.6 Å². The van der Waals surface area contributed by atoms with Gasteiger partial charge in [-0.15, -0.1) is 0 Å². The van der Waals surface area contributed by atoms with Gasteiger partial charge in [-0.05, 0) is 48.9 Å². The highest BCUT2D eigenvalue weighted by Crippen LogP contribution is 2.55. The summed E-state index contributed by atoms with van der Waals surface area (Å²) in [7, 11) is 6.10. The van der Waals surface area contributed by atoms with Crippen LogP contribution >= 0.6 is 0 Å². The van der Waals surface area contributed by atoms with Crippen LogP contribution in [0.1, 0.15) is 55.1 Å². The molecule has 3 aromatic rings. The third-order valence-corrected chi connectivity index (χ3v) is 7.58. The van der Waals surface area contributed by atoms with Crippen LogP contribution in [0.4, 0.5) is 0 Å². The molecule has 0 spiro atoms. The quantitative estimate of drug-likeness (QED) is 0.402. The van der Waals surface area contributed by atoms with Gasteiger partial charge in [0.1, 0.15) is 24.0 Å². The van der Waals surface area contributed by atoms with Gasteiger partial charge in [-0.25, -0.2) is 9.59 Å². The van der Waals surface area contributed by atoms with Crippen LogP contribution in [0.15, 0.2) is 36.4 Å². The lowest BCUT2D eigenvalue weighted by molar-refractivity contribution is 0.0279. The predicted octanol–water partition coefficient (Wildman–Crippen LogP) is 3.91. The second-order valence-corrected chi connectivity index (χ2v) is 9.55. The summed E-state index contributed by atoms with van der Waals surface area (Å²) in [5.74, 6) is 1.74. The zero-order valence-electron chi connectivity index (χ0n) is 23.0. The Morgan fingerprint density at radius 1 is 0.927 bits per heavy atom. The summed E-state index contributed by atoms with van der Waals surface area (Å²) in [6.07, 6.45) is -0.103. The lowest BCUT2D eigenvalue weighted by atomic mass is 9.84. The largest absolute Gasteiger partial charge is 0.497 e. The van der Waals surface area contributed by atoms with Gasteiger partial charge in [0.05, 0.1) is 40.0 Å². The van der Waals surface area contributed by atoms with E-state index in [-0.39, 0.29) is 13.4 Å². The van der Waals surface area contributed by atoms with Crippen molar-refractivity contribution < 1.29 is 47.5 Å². The number of nitrogens with one attached hydrogen (secondary N) is 1. The van der Waals surface area contributed by atoms with Crippen molar-refractivity contribution in [2.45, 2.75) is 25.2 Å². The van der Waals surface area contributed by atoms with Crippen molar-refractivity contribution in [2.24, 2.45) is 0 Å². The number of hydrogen-bond acceptors (Lipinski definition) is 11. The van der Waals surface area contributed by atoms with E-state index < -0.39 is 24.1 Å². The number of cyclic esters (lactones) is 1. The Hall–Kier alpha value is -4.64. The molecule has 6 rings (SSSR count). The normalized spacial score (nSPS) is 18.2. The van der Waals surface area contributed by atoms with E-state index in [0.29, 0.717) is 69.7 Å². The maximum atomic E-state index is 13.1. The third-order valence-electron chi connectivity index (χ3n) is 7.58. The maximum Gasteiger partial charge on any atom is 0.343 e. The Bertz CT molecular complexity index is 1520. The molecule has 0 amide bonds. The lowest BCUT2D eigenvalue weighted by Gasteiger charge is -2.34. The second-order valence-electron chi connectivity index (χ2n) is 9.55. The van der Waals surface area contributed by atoms with Crippen molar-refractivity contribution in [3.05, 3.63) is 69.8 Å². The van der Waals surface area contributed by atoms with Crippen LogP contribution in [0.25, 0.3) is 0 Å². The number of carbonyl (C=O) groups excluding carboxylic acids is 2. The molecule has 3 aliphatic heterocycles. The number of ether oxygens (including phenoxy) is 8. The Morgan fingerprint density at radius 3 is 2.39 bits per heavy atom. The molecule has 3 aromatic carbocycles. The molecule has 0 bridgehead atoms. The van der Waals surface area contributed by atoms with E-state index in [2.05, 4.69) is 5.32 Å². The third kappa shape index (κ3) is 4.33. The smallest absolute Gasteiger partial charge is 0.343 e. The van der Waals surface area contributed by atoms with Crippen LogP contribution in [0, 0.1) is 0 Å². The molecule has 11 heteroatoms. The molecule has 3 heterocycles. The number of hydrogen-bond donors (Lipinski definition) is 1. The van der Waals surface area contributed by atoms with Crippen LogP contribution in [0.2, 0.25) is 0 Å². The first-order chi connectivity index (χ1) is 20.0. The molecule has 2 atom stereocenters. The highest BCUT2D eigenvalue weighted by Gasteiger charge is 2.45. The van der Waals surface area contributed by atoms with E-state index >= 15 is 0 Å². The van der Waals surface area contributed by atoms with E-state index in [0.717, 1.165) is 11.1 Å². The number of rotatable bonds is 8. The van der Waals surface area contributed by atoms with Crippen LogP contribution in [0.3, 0.4) is 0 Å². The molecule has 0 radical (unpaired) electrons. The van der Waals surface area contributed by atoms with Crippen LogP contribution in [0.5, 0.6) is 34.5 Å². The first-order valence-electron chi connectivity index (χ1n) is 13.0. The fourth-order valence-electron chi connectivity index (χ4n) is 5.74. The van der Waals surface area contributed by atoms with Gasteiger partial charge in [-0.2, -0.15) is 0 Å². The summed E-state index contributed by atoms with van der Waals surface area (Å²) >= 11 is 0. The summed E-state index contributed by atoms with van der Waals surface area (Å²) in [6.45, 7) is 0.503. The van der Waals surface area contributed by atoms with Crippen LogP contribution in [-0.4, -0.2) is 53.7 Å². The van der Waals surface area contributed by atoms with Gasteiger partial charge in [0.25, 0.3) is 0 Å². The minimum atomic E-state index is -0.694. The highest BCUT2D eigenvalue weighted by molar-refractivity contribution is 5.98. The fourth-order valence-corrected chi connectivity index (χ4v) is 5.74. The lowest BCUT2D eigenvalue weighted by Crippen LogP contribution is -2.35. The van der Waals surface area contributed by atoms with Crippen molar-refractivity contribution in [1.82, 2.24) is 5.32 Å². The number of benzene rings is 3. The van der Waals surface area contributed by atoms with Crippen LogP contribution in [-0.2, 0) is 22.5 Å². The molecule has 0 aromatic heterocycles. The summed E-state index contributed by atoms with van der Waals surface area (Å²) < 4.78 is 45.3. The Kier molecular flexibility index (Phi) is 6.96. The minimum Gasteiger partial charge on any atom is -0.497 e. The maximum absolute atomic E-state index is 13.1. The summed E-state index contributed by atoms with van der Waals surface area (Å²) in [6, 6.07) is 9.73. The van der Waals surface area contributed by atoms with Gasteiger partial charge >= 0.3 is 11.9 Å². The second kappa shape index (κ2) is 10.7. The molecule has 0 aliphatic carbocycles. The van der Waals surface area contributed by atoms with Crippen LogP contribution < -0.4 is 33.7 Å². The van der Waals surface area contributed by atoms with E-state index in [1.807, 2.05) is 0 Å². The number of esters is 2. The number of carbonyl (C=O) groups is 2. The van der Waals surface area contributed by atoms with Gasteiger partial charge in [0, 0.05) is 16.7 Å². The summed E-state index contributed by atoms with van der Waals surface area (Å²) in [5.41, 5.74) is 3.67. The highest BCUT2D eigenvalue weighted by atomic mass is 16.7. The molecule has 3 aliphatic rings. The van der Waals surface area contributed by atoms with E-state index in [9.17, 15) is 9.59 Å². The average molecular weight is 564 g/mol. The molecule has 0 unspecified atom stereocenters.